The van der Waals surface area contributed by atoms with Crippen LogP contribution in [-0.2, 0) is 6.42 Å². The fraction of sp³-hybridized carbons (Fsp3) is 0.400. The van der Waals surface area contributed by atoms with Crippen LogP contribution in [0.4, 0.5) is 5.69 Å². The van der Waals surface area contributed by atoms with E-state index in [1.54, 1.807) is 0 Å². The Morgan fingerprint density at radius 1 is 1.07 bits per heavy atom. The predicted molar refractivity (Wildman–Crippen MR) is 67.6 cm³/mol. The molecule has 0 saturated heterocycles. The van der Waals surface area contributed by atoms with Gasteiger partial charge in [-0.3, -0.25) is 0 Å². The van der Waals surface area contributed by atoms with Crippen molar-refractivity contribution in [2.24, 2.45) is 0 Å². The van der Waals surface area contributed by atoms with E-state index in [0.717, 1.165) is 18.7 Å². The van der Waals surface area contributed by atoms with Crippen LogP contribution in [0, 0.1) is 0 Å². The van der Waals surface area contributed by atoms with Crippen LogP contribution in [0.5, 0.6) is 0 Å². The molecule has 0 aromatic heterocycles. The number of nitrogens with two attached hydrogens (primary N) is 1. The van der Waals surface area contributed by atoms with E-state index in [0.29, 0.717) is 0 Å². The van der Waals surface area contributed by atoms with Crippen molar-refractivity contribution in [2.45, 2.75) is 6.42 Å². The normalized spacial score (nSPS) is 9.07. The van der Waals surface area contributed by atoms with E-state index < -0.39 is 0 Å². The highest BCUT2D eigenvalue weighted by atomic mass is 35.5. The van der Waals surface area contributed by atoms with Gasteiger partial charge in [-0.1, -0.05) is 12.1 Å². The molecule has 0 aliphatic carbocycles. The Kier molecular flexibility index (Phi) is 9.05. The van der Waals surface area contributed by atoms with Gasteiger partial charge >= 0.3 is 0 Å². The fourth-order valence-corrected chi connectivity index (χ4v) is 1.04. The maximum Gasteiger partial charge on any atom is 0.0314 e. The molecule has 14 heavy (non-hydrogen) atoms. The predicted octanol–water partition coefficient (Wildman–Crippen LogP) is 2.22. The Balaban J connectivity index is 0. The standard InChI is InChI=1S/C10H16N2.2ClH/c1-12(2)8-7-9-3-5-10(11)6-4-9;;/h3-6H,7-8,11H2,1-2H3;2*1H. The van der Waals surface area contributed by atoms with Gasteiger partial charge in [0.2, 0.25) is 0 Å². The van der Waals surface area contributed by atoms with Crippen LogP contribution < -0.4 is 5.73 Å². The van der Waals surface area contributed by atoms with Gasteiger partial charge in [0.05, 0.1) is 0 Å². The van der Waals surface area contributed by atoms with E-state index in [4.69, 9.17) is 5.73 Å². The third-order valence-electron chi connectivity index (χ3n) is 1.83. The van der Waals surface area contributed by atoms with E-state index in [2.05, 4.69) is 31.1 Å². The van der Waals surface area contributed by atoms with Crippen molar-refractivity contribution < 1.29 is 0 Å². The second-order valence-electron chi connectivity index (χ2n) is 3.29. The van der Waals surface area contributed by atoms with Crippen LogP contribution in [0.15, 0.2) is 24.3 Å². The third-order valence-corrected chi connectivity index (χ3v) is 1.83. The molecule has 4 heteroatoms. The van der Waals surface area contributed by atoms with Crippen LogP contribution in [0.25, 0.3) is 0 Å². The van der Waals surface area contributed by atoms with E-state index in [-0.39, 0.29) is 24.8 Å². The first kappa shape index (κ1) is 16.0. The SMILES string of the molecule is CN(C)CCc1ccc(N)cc1.Cl.Cl. The second-order valence-corrected chi connectivity index (χ2v) is 3.29. The van der Waals surface area contributed by atoms with Crippen LogP contribution in [0.3, 0.4) is 0 Å². The molecular weight excluding hydrogens is 219 g/mol. The lowest BCUT2D eigenvalue weighted by Crippen LogP contribution is -2.14. The molecule has 82 valence electrons. The lowest BCUT2D eigenvalue weighted by atomic mass is 10.1. The van der Waals surface area contributed by atoms with Crippen molar-refractivity contribution in [3.05, 3.63) is 29.8 Å². The van der Waals surface area contributed by atoms with Gasteiger partial charge in [0.15, 0.2) is 0 Å². The molecule has 0 unspecified atom stereocenters. The average Bonchev–Trinajstić information content (AvgIpc) is 2.03. The molecule has 2 N–H and O–H groups in total. The van der Waals surface area contributed by atoms with Gasteiger partial charge in [-0.05, 0) is 38.2 Å². The highest BCUT2D eigenvalue weighted by Crippen LogP contribution is 2.05. The van der Waals surface area contributed by atoms with E-state index in [1.807, 2.05) is 12.1 Å². The summed E-state index contributed by atoms with van der Waals surface area (Å²) in [6.07, 6.45) is 1.09. The van der Waals surface area contributed by atoms with E-state index in [1.165, 1.54) is 5.56 Å². The first-order valence-corrected chi connectivity index (χ1v) is 4.17. The number of nitrogen functional groups attached to an aromatic ring is 1. The number of rotatable bonds is 3. The Hall–Kier alpha value is -0.440. The molecule has 1 aromatic carbocycles. The maximum atomic E-state index is 5.57. The second kappa shape index (κ2) is 7.92. The molecular formula is C10H18Cl2N2. The van der Waals surface area contributed by atoms with Crippen molar-refractivity contribution in [1.82, 2.24) is 4.90 Å². The van der Waals surface area contributed by atoms with Gasteiger partial charge in [-0.15, -0.1) is 24.8 Å². The Labute approximate surface area is 98.3 Å². The minimum Gasteiger partial charge on any atom is -0.399 e. The summed E-state index contributed by atoms with van der Waals surface area (Å²) in [5, 5.41) is 0. The molecule has 0 saturated carbocycles. The highest BCUT2D eigenvalue weighted by Gasteiger charge is 1.93. The topological polar surface area (TPSA) is 29.3 Å². The van der Waals surface area contributed by atoms with Crippen molar-refractivity contribution in [3.63, 3.8) is 0 Å². The third kappa shape index (κ3) is 6.08. The summed E-state index contributed by atoms with van der Waals surface area (Å²) in [4.78, 5) is 2.18. The number of anilines is 1. The summed E-state index contributed by atoms with van der Waals surface area (Å²) < 4.78 is 0. The zero-order chi connectivity index (χ0) is 8.97. The molecule has 0 radical (unpaired) electrons. The number of halogens is 2. The lowest BCUT2D eigenvalue weighted by molar-refractivity contribution is 0.413. The molecule has 0 bridgehead atoms. The number of nitrogens with zero attached hydrogens (tertiary/aromatic N) is 1. The summed E-state index contributed by atoms with van der Waals surface area (Å²) >= 11 is 0. The number of hydrogen-bond donors (Lipinski definition) is 1. The van der Waals surface area contributed by atoms with Crippen molar-refractivity contribution in [1.29, 1.82) is 0 Å². The van der Waals surface area contributed by atoms with Gasteiger partial charge in [-0.2, -0.15) is 0 Å². The molecule has 1 rings (SSSR count). The Bertz CT molecular complexity index is 234. The number of likely N-dealkylation sites (N-methyl/N-ethyl adjacent to an activating group) is 1. The smallest absolute Gasteiger partial charge is 0.0314 e. The zero-order valence-electron chi connectivity index (χ0n) is 8.56. The number of benzene rings is 1. The first-order valence-electron chi connectivity index (χ1n) is 4.17. The van der Waals surface area contributed by atoms with Gasteiger partial charge in [-0.25, -0.2) is 0 Å². The largest absolute Gasteiger partial charge is 0.399 e. The molecule has 0 amide bonds. The molecule has 0 aliphatic rings. The summed E-state index contributed by atoms with van der Waals surface area (Å²) in [5.41, 5.74) is 7.75. The van der Waals surface area contributed by atoms with Gasteiger partial charge in [0.1, 0.15) is 0 Å². The van der Waals surface area contributed by atoms with Crippen LogP contribution in [0.1, 0.15) is 5.56 Å². The van der Waals surface area contributed by atoms with E-state index >= 15 is 0 Å². The lowest BCUT2D eigenvalue weighted by Gasteiger charge is -2.08. The Morgan fingerprint density at radius 2 is 1.57 bits per heavy atom. The number of hydrogen-bond acceptors (Lipinski definition) is 2. The minimum absolute atomic E-state index is 0. The molecule has 1 aromatic rings. The molecule has 2 nitrogen and oxygen atoms in total. The minimum atomic E-state index is 0. The molecule has 0 aliphatic heterocycles. The zero-order valence-corrected chi connectivity index (χ0v) is 10.2. The molecule has 0 heterocycles. The Morgan fingerprint density at radius 3 is 2.00 bits per heavy atom. The molecule has 0 spiro atoms. The summed E-state index contributed by atoms with van der Waals surface area (Å²) in [5.74, 6) is 0. The molecule has 0 atom stereocenters. The fourth-order valence-electron chi connectivity index (χ4n) is 1.04. The van der Waals surface area contributed by atoms with Crippen LogP contribution >= 0.6 is 24.8 Å². The first-order chi connectivity index (χ1) is 5.68. The molecule has 0 fully saturated rings. The summed E-state index contributed by atoms with van der Waals surface area (Å²) in [6.45, 7) is 1.09. The van der Waals surface area contributed by atoms with Crippen molar-refractivity contribution in [3.8, 4) is 0 Å². The van der Waals surface area contributed by atoms with Crippen molar-refractivity contribution in [2.75, 3.05) is 26.4 Å². The average molecular weight is 237 g/mol. The maximum absolute atomic E-state index is 5.57. The highest BCUT2D eigenvalue weighted by molar-refractivity contribution is 5.85. The summed E-state index contributed by atoms with van der Waals surface area (Å²) in [7, 11) is 4.16. The van der Waals surface area contributed by atoms with Gasteiger partial charge in [0, 0.05) is 12.2 Å². The van der Waals surface area contributed by atoms with Gasteiger partial charge < -0.3 is 10.6 Å². The monoisotopic (exact) mass is 236 g/mol. The summed E-state index contributed by atoms with van der Waals surface area (Å²) in [6, 6.07) is 8.06. The van der Waals surface area contributed by atoms with Crippen molar-refractivity contribution >= 4 is 30.5 Å². The quantitative estimate of drug-likeness (QED) is 0.817. The van der Waals surface area contributed by atoms with Gasteiger partial charge in [0.25, 0.3) is 0 Å². The van der Waals surface area contributed by atoms with Crippen LogP contribution in [0.2, 0.25) is 0 Å². The van der Waals surface area contributed by atoms with E-state index in [9.17, 15) is 0 Å². The van der Waals surface area contributed by atoms with Crippen LogP contribution in [-0.4, -0.2) is 25.5 Å².